The van der Waals surface area contributed by atoms with Crippen molar-refractivity contribution in [2.45, 2.75) is 167 Å². The molecule has 5 aromatic carbocycles. The number of nitrogens with one attached hydrogen (secondary N) is 5. The predicted molar refractivity (Wildman–Crippen MR) is 405 cm³/mol. The first-order valence-corrected chi connectivity index (χ1v) is 41.6. The molecule has 574 valence electrons. The first-order chi connectivity index (χ1) is 51.6. The molecule has 11 N–H and O–H groups in total. The molecule has 3 fully saturated rings. The van der Waals surface area contributed by atoms with Crippen molar-refractivity contribution in [3.05, 3.63) is 189 Å². The topological polar surface area (TPSA) is 426 Å². The minimum Gasteiger partial charge on any atom is -0.481 e. The number of aliphatic carboxylic acids is 1. The molecule has 0 spiro atoms. The van der Waals surface area contributed by atoms with Crippen LogP contribution in [0.15, 0.2) is 156 Å². The van der Waals surface area contributed by atoms with Crippen LogP contribution in [0.5, 0.6) is 0 Å². The average molecular weight is 1530 g/mol. The van der Waals surface area contributed by atoms with Crippen LogP contribution in [0.2, 0.25) is 25.7 Å². The number of hydrogen-bond acceptors (Lipinski definition) is 23. The molecule has 12 atom stereocenters. The Morgan fingerprint density at radius 1 is 0.771 bits per heavy atom. The van der Waals surface area contributed by atoms with E-state index >= 15 is 9.59 Å². The SMILES string of the molecule is CC(=O)C[C@@]12CO[C@@H]1C[C@H](O)[C@@]1(C)C(=O)[C@H](OC(C)=O)C3=C(C)[C@@H](OC(=O)[C@H](O)[C@@H](NC(=O)c4ccccc4)c4ccccc4)C[C@@](O)([C@@H](OC(=O)c4ccc([Si](C)(C)O[Si](C)(CCCC(=O)O)c5ccc(NC(=O)CCCNC(=O)c6ccc(NCc7cnc8nc(N)[nH]c(=O)c8n7)cc6)cc5)cc4)[C@H]21)C3(C)C. The average Bonchev–Trinajstić information content (AvgIpc) is 0.668. The second kappa shape index (κ2) is 32.0. The van der Waals surface area contributed by atoms with Crippen molar-refractivity contribution in [2.75, 3.05) is 29.5 Å². The van der Waals surface area contributed by atoms with Gasteiger partial charge in [0.1, 0.15) is 23.6 Å². The van der Waals surface area contributed by atoms with Crippen molar-refractivity contribution < 1.29 is 86.6 Å². The molecule has 2 aromatic heterocycles. The molecule has 2 saturated carbocycles. The van der Waals surface area contributed by atoms with E-state index in [9.17, 15) is 58.8 Å². The molecule has 1 unspecified atom stereocenters. The number of esters is 3. The third kappa shape index (κ3) is 16.5. The largest absolute Gasteiger partial charge is 0.481 e. The van der Waals surface area contributed by atoms with E-state index in [2.05, 4.69) is 41.2 Å². The number of ketones is 2. The third-order valence-electron chi connectivity index (χ3n) is 22.0. The highest BCUT2D eigenvalue weighted by molar-refractivity contribution is 6.97. The van der Waals surface area contributed by atoms with E-state index < -0.39 is 135 Å². The van der Waals surface area contributed by atoms with Crippen LogP contribution in [0.25, 0.3) is 11.2 Å². The molecule has 0 radical (unpaired) electrons. The number of carboxylic acids is 1. The Kier molecular flexibility index (Phi) is 23.4. The molecular formula is C79H91N9O19Si2. The highest BCUT2D eigenvalue weighted by Gasteiger charge is 2.77. The van der Waals surface area contributed by atoms with E-state index in [0.717, 1.165) is 12.1 Å². The van der Waals surface area contributed by atoms with Gasteiger partial charge in [0.05, 0.1) is 54.3 Å². The molecular weight excluding hydrogens is 1440 g/mol. The number of nitrogens with zero attached hydrogens (tertiary/aromatic N) is 3. The molecule has 7 aromatic rings. The summed E-state index contributed by atoms with van der Waals surface area (Å²) in [6.07, 6.45) is -8.89. The number of nitrogen functional groups attached to an aromatic ring is 1. The number of ether oxygens (including phenoxy) is 4. The van der Waals surface area contributed by atoms with Crippen molar-refractivity contribution in [2.24, 2.45) is 22.2 Å². The first kappa shape index (κ1) is 79.6. The Bertz CT molecular complexity index is 4740. The molecule has 109 heavy (non-hydrogen) atoms. The van der Waals surface area contributed by atoms with Gasteiger partial charge < -0.3 is 75.3 Å². The van der Waals surface area contributed by atoms with Crippen molar-refractivity contribution in [1.29, 1.82) is 0 Å². The summed E-state index contributed by atoms with van der Waals surface area (Å²) >= 11 is 0. The lowest BCUT2D eigenvalue weighted by Gasteiger charge is -2.68. The van der Waals surface area contributed by atoms with Crippen LogP contribution < -0.4 is 42.9 Å². The van der Waals surface area contributed by atoms with Gasteiger partial charge in [-0.05, 0) is 147 Å². The molecule has 2 bridgehead atoms. The van der Waals surface area contributed by atoms with Crippen molar-refractivity contribution in [3.8, 4) is 0 Å². The van der Waals surface area contributed by atoms with Crippen LogP contribution >= 0.6 is 0 Å². The Labute approximate surface area is 630 Å². The van der Waals surface area contributed by atoms with Crippen LogP contribution in [-0.2, 0) is 58.4 Å². The summed E-state index contributed by atoms with van der Waals surface area (Å²) in [4.78, 5) is 153. The lowest BCUT2D eigenvalue weighted by Crippen LogP contribution is -2.78. The van der Waals surface area contributed by atoms with E-state index in [-0.39, 0.29) is 109 Å². The minimum atomic E-state index is -3.10. The van der Waals surface area contributed by atoms with Gasteiger partial charge in [-0.3, -0.25) is 38.5 Å². The quantitative estimate of drug-likeness (QED) is 0.00817. The van der Waals surface area contributed by atoms with E-state index in [0.29, 0.717) is 45.8 Å². The van der Waals surface area contributed by atoms with Gasteiger partial charge in [0.25, 0.3) is 17.4 Å². The number of carboxylic acid groups (broad SMARTS) is 1. The maximum atomic E-state index is 16.1. The van der Waals surface area contributed by atoms with Gasteiger partial charge in [0.15, 0.2) is 29.2 Å². The van der Waals surface area contributed by atoms with Gasteiger partial charge in [-0.15, -0.1) is 0 Å². The van der Waals surface area contributed by atoms with E-state index in [4.69, 9.17) is 28.8 Å². The first-order valence-electron chi connectivity index (χ1n) is 36.1. The Balaban J connectivity index is 0.807. The highest BCUT2D eigenvalue weighted by Crippen LogP contribution is 2.67. The smallest absolute Gasteiger partial charge is 0.338 e. The van der Waals surface area contributed by atoms with E-state index in [1.807, 2.05) is 31.8 Å². The van der Waals surface area contributed by atoms with Crippen LogP contribution in [-0.4, -0.2) is 166 Å². The number of amides is 3. The van der Waals surface area contributed by atoms with Crippen LogP contribution in [0, 0.1) is 22.2 Å². The number of rotatable bonds is 28. The van der Waals surface area contributed by atoms with Gasteiger partial charge in [0, 0.05) is 84.8 Å². The normalized spacial score (nSPS) is 23.8. The standard InChI is InChI=1S/C79H91N9O19Si2/c1-44(89)39-78-43-103-58(78)38-57(91)77(6)66(78)68(79(102)40-56(45(2)61(76(79,4)5)65(67(77)96)104-46(3)90)105-74(101)64(95)62(47-18-12-10-13-19-47)86-71(98)48-20-14-11-15-21-48)106-73(100)50-26-32-54(33-27-50)108(7,8)107-109(9,37-17-23-60(93)94)55-34-30-52(31-35-55)84-59(92)22-16-36-81-70(97)49-24-28-51(29-25-49)82-41-53-42-83-69-63(85-53)72(99)88-75(80)87-69/h10-15,18-21,24-35,42,56-58,62,64-66,68,82,91,95,102H,16-17,22-23,36-41,43H2,1-9H3,(H,81,97)(H,84,92)(H,86,98)(H,93,94)(H3,80,83,87,88,99)/t56-,57-,58+,62-,64+,65+,66-,68-,77+,78+,79+,109?/m0/s1. The number of fused-ring (bicyclic) bond motifs is 6. The second-order valence-electron chi connectivity index (χ2n) is 30.1. The summed E-state index contributed by atoms with van der Waals surface area (Å²) in [6.45, 7) is 14.7. The molecule has 3 amide bonds. The van der Waals surface area contributed by atoms with Gasteiger partial charge in [-0.25, -0.2) is 19.6 Å². The van der Waals surface area contributed by atoms with E-state index in [1.165, 1.54) is 39.1 Å². The summed E-state index contributed by atoms with van der Waals surface area (Å²) in [7, 11) is -6.17. The van der Waals surface area contributed by atoms with Crippen molar-refractivity contribution in [1.82, 2.24) is 30.6 Å². The molecule has 28 nitrogen and oxygen atoms in total. The number of hydrogen-bond donors (Lipinski definition) is 10. The lowest BCUT2D eigenvalue weighted by atomic mass is 9.41. The summed E-state index contributed by atoms with van der Waals surface area (Å²) in [6, 6.07) is 35.7. The fourth-order valence-electron chi connectivity index (χ4n) is 16.3. The fraction of sp³-hybridized carbons (Fsp3) is 0.405. The number of aliphatic hydroxyl groups is 3. The number of carbonyl (C=O) groups is 9. The molecule has 3 aliphatic carbocycles. The third-order valence-corrected chi connectivity index (χ3v) is 30.5. The zero-order valence-electron chi connectivity index (χ0n) is 62.0. The zero-order chi connectivity index (χ0) is 78.7. The summed E-state index contributed by atoms with van der Waals surface area (Å²) in [5.41, 5.74) is 0.254. The van der Waals surface area contributed by atoms with E-state index in [1.54, 1.807) is 123 Å². The molecule has 11 rings (SSSR count). The number of nitrogens with two attached hydrogens (primary N) is 1. The fourth-order valence-corrected chi connectivity index (χ4v) is 25.1. The Morgan fingerprint density at radius 3 is 2.04 bits per heavy atom. The van der Waals surface area contributed by atoms with Gasteiger partial charge >= 0.3 is 23.9 Å². The van der Waals surface area contributed by atoms with Gasteiger partial charge in [0.2, 0.25) is 28.5 Å². The van der Waals surface area contributed by atoms with Gasteiger partial charge in [-0.1, -0.05) is 86.6 Å². The van der Waals surface area contributed by atoms with Crippen LogP contribution in [0.1, 0.15) is 135 Å². The number of aromatic nitrogens is 4. The highest BCUT2D eigenvalue weighted by atomic mass is 28.4. The van der Waals surface area contributed by atoms with Crippen molar-refractivity contribution >= 4 is 109 Å². The Hall–Kier alpha value is -10.5. The predicted octanol–water partition coefficient (Wildman–Crippen LogP) is 6.54. The zero-order valence-corrected chi connectivity index (χ0v) is 64.0. The molecule has 3 heterocycles. The number of anilines is 3. The Morgan fingerprint density at radius 2 is 1.40 bits per heavy atom. The number of benzene rings is 5. The molecule has 30 heteroatoms. The number of Topliss-reactive ketones (excluding diaryl/α,β-unsaturated/α-hetero) is 2. The molecule has 1 saturated heterocycles. The maximum absolute atomic E-state index is 16.1. The summed E-state index contributed by atoms with van der Waals surface area (Å²) < 4.78 is 32.5. The summed E-state index contributed by atoms with van der Waals surface area (Å²) in [5, 5.41) is 61.9. The number of carbonyl (C=O) groups excluding carboxylic acids is 8. The second-order valence-corrected chi connectivity index (χ2v) is 38.1. The summed E-state index contributed by atoms with van der Waals surface area (Å²) in [5.74, 6) is -8.16. The molecule has 4 aliphatic rings. The lowest BCUT2D eigenvalue weighted by molar-refractivity contribution is -0.319. The van der Waals surface area contributed by atoms with Crippen LogP contribution in [0.3, 0.4) is 0 Å². The maximum Gasteiger partial charge on any atom is 0.338 e. The van der Waals surface area contributed by atoms with Crippen LogP contribution in [0.4, 0.5) is 17.3 Å². The number of H-pyrrole nitrogens is 1. The number of aromatic amines is 1. The minimum absolute atomic E-state index is 0.0296. The van der Waals surface area contributed by atoms with Crippen molar-refractivity contribution in [3.63, 3.8) is 0 Å². The monoisotopic (exact) mass is 1530 g/mol. The molecule has 1 aliphatic heterocycles. The van der Waals surface area contributed by atoms with Gasteiger partial charge in [-0.2, -0.15) is 4.98 Å². The number of aliphatic hydroxyl groups excluding tert-OH is 2.